The number of benzene rings is 1. The highest BCUT2D eigenvalue weighted by Gasteiger charge is 2.12. The molecule has 0 aliphatic rings. The van der Waals surface area contributed by atoms with Gasteiger partial charge in [-0.2, -0.15) is 0 Å². The summed E-state index contributed by atoms with van der Waals surface area (Å²) in [4.78, 5) is 22.2. The topological polar surface area (TPSA) is 75.1 Å². The van der Waals surface area contributed by atoms with Crippen molar-refractivity contribution in [2.45, 2.75) is 6.54 Å². The van der Waals surface area contributed by atoms with Crippen LogP contribution in [-0.2, 0) is 6.54 Å². The fourth-order valence-corrected chi connectivity index (χ4v) is 1.50. The van der Waals surface area contributed by atoms with Gasteiger partial charge >= 0.3 is 5.97 Å². The van der Waals surface area contributed by atoms with Gasteiger partial charge in [-0.15, -0.1) is 0 Å². The lowest BCUT2D eigenvalue weighted by molar-refractivity contribution is 0.0695. The first-order chi connectivity index (χ1) is 8.08. The minimum Gasteiger partial charge on any atom is -0.477 e. The fraction of sp³-hybridized carbons (Fsp3) is 0.0909. The number of hydrogen-bond donors (Lipinski definition) is 2. The van der Waals surface area contributed by atoms with Crippen LogP contribution in [0.4, 0.5) is 4.39 Å². The van der Waals surface area contributed by atoms with Gasteiger partial charge in [-0.1, -0.05) is 12.1 Å². The Morgan fingerprint density at radius 2 is 2.24 bits per heavy atom. The Morgan fingerprint density at radius 1 is 1.47 bits per heavy atom. The van der Waals surface area contributed by atoms with Gasteiger partial charge in [0.25, 0.3) is 5.56 Å². The quantitative estimate of drug-likeness (QED) is 0.836. The Labute approximate surface area is 95.1 Å². The van der Waals surface area contributed by atoms with Crippen LogP contribution in [0.15, 0.2) is 35.3 Å². The Morgan fingerprint density at radius 3 is 2.82 bits per heavy atom. The maximum Gasteiger partial charge on any atom is 0.342 e. The van der Waals surface area contributed by atoms with E-state index in [1.165, 1.54) is 18.2 Å². The minimum atomic E-state index is -1.29. The van der Waals surface area contributed by atoms with Gasteiger partial charge < -0.3 is 10.2 Å². The molecule has 0 saturated carbocycles. The minimum absolute atomic E-state index is 0.101. The average Bonchev–Trinajstić information content (AvgIpc) is 2.61. The molecule has 2 N–H and O–H groups in total. The zero-order valence-corrected chi connectivity index (χ0v) is 8.68. The van der Waals surface area contributed by atoms with Crippen LogP contribution in [0.2, 0.25) is 0 Å². The van der Waals surface area contributed by atoms with Crippen LogP contribution in [0.3, 0.4) is 0 Å². The van der Waals surface area contributed by atoms with Gasteiger partial charge in [-0.25, -0.2) is 13.9 Å². The molecule has 17 heavy (non-hydrogen) atoms. The first-order valence-corrected chi connectivity index (χ1v) is 4.84. The third kappa shape index (κ3) is 2.25. The van der Waals surface area contributed by atoms with Gasteiger partial charge in [0, 0.05) is 6.20 Å². The number of carboxylic acid groups (broad SMARTS) is 1. The number of H-pyrrole nitrogens is 1. The van der Waals surface area contributed by atoms with Crippen molar-refractivity contribution in [1.29, 1.82) is 0 Å². The summed E-state index contributed by atoms with van der Waals surface area (Å²) in [6.07, 6.45) is 1.12. The van der Waals surface area contributed by atoms with Crippen molar-refractivity contribution in [2.75, 3.05) is 0 Å². The van der Waals surface area contributed by atoms with Crippen LogP contribution < -0.4 is 5.56 Å². The number of carboxylic acids is 1. The number of carbonyl (C=O) groups is 1. The summed E-state index contributed by atoms with van der Waals surface area (Å²) in [6, 6.07) is 5.75. The number of hydrogen-bond acceptors (Lipinski definition) is 2. The van der Waals surface area contributed by atoms with Gasteiger partial charge in [-0.05, 0) is 17.7 Å². The van der Waals surface area contributed by atoms with E-state index in [9.17, 15) is 14.0 Å². The molecule has 5 nitrogen and oxygen atoms in total. The van der Waals surface area contributed by atoms with E-state index in [0.717, 1.165) is 10.9 Å². The SMILES string of the molecule is O=C(O)c1c[nH]n(Cc2cccc(F)c2)c1=O. The highest BCUT2D eigenvalue weighted by Crippen LogP contribution is 2.04. The predicted octanol–water partition coefficient (Wildman–Crippen LogP) is 1.06. The van der Waals surface area contributed by atoms with Crippen LogP contribution in [0.5, 0.6) is 0 Å². The van der Waals surface area contributed by atoms with Crippen molar-refractivity contribution in [1.82, 2.24) is 9.78 Å². The van der Waals surface area contributed by atoms with E-state index < -0.39 is 17.3 Å². The third-order valence-corrected chi connectivity index (χ3v) is 2.30. The van der Waals surface area contributed by atoms with Crippen molar-refractivity contribution in [3.63, 3.8) is 0 Å². The summed E-state index contributed by atoms with van der Waals surface area (Å²) in [7, 11) is 0. The molecule has 0 fully saturated rings. The van der Waals surface area contributed by atoms with E-state index in [2.05, 4.69) is 5.10 Å². The van der Waals surface area contributed by atoms with Gasteiger partial charge in [-0.3, -0.25) is 4.79 Å². The largest absolute Gasteiger partial charge is 0.477 e. The molecular weight excluding hydrogens is 227 g/mol. The normalized spacial score (nSPS) is 10.4. The molecule has 0 atom stereocenters. The summed E-state index contributed by atoms with van der Waals surface area (Å²) in [6.45, 7) is 0.101. The smallest absolute Gasteiger partial charge is 0.342 e. The maximum atomic E-state index is 12.9. The predicted molar refractivity (Wildman–Crippen MR) is 57.5 cm³/mol. The first kappa shape index (κ1) is 11.1. The van der Waals surface area contributed by atoms with Crippen molar-refractivity contribution >= 4 is 5.97 Å². The summed E-state index contributed by atoms with van der Waals surface area (Å²) in [5, 5.41) is 11.2. The fourth-order valence-electron chi connectivity index (χ4n) is 1.50. The molecular formula is C11H9FN2O3. The first-order valence-electron chi connectivity index (χ1n) is 4.84. The molecule has 0 saturated heterocycles. The number of aromatic amines is 1. The number of nitrogens with zero attached hydrogens (tertiary/aromatic N) is 1. The van der Waals surface area contributed by atoms with E-state index >= 15 is 0 Å². The molecule has 0 aliphatic heterocycles. The lowest BCUT2D eigenvalue weighted by atomic mass is 10.2. The average molecular weight is 236 g/mol. The summed E-state index contributed by atoms with van der Waals surface area (Å²) in [5.41, 5.74) is -0.394. The van der Waals surface area contributed by atoms with Gasteiger partial charge in [0.15, 0.2) is 0 Å². The second-order valence-electron chi connectivity index (χ2n) is 3.51. The maximum absolute atomic E-state index is 12.9. The third-order valence-electron chi connectivity index (χ3n) is 2.30. The summed E-state index contributed by atoms with van der Waals surface area (Å²) >= 11 is 0. The molecule has 2 rings (SSSR count). The number of nitrogens with one attached hydrogen (secondary N) is 1. The van der Waals surface area contributed by atoms with Crippen molar-refractivity contribution in [2.24, 2.45) is 0 Å². The molecule has 0 radical (unpaired) electrons. The number of halogens is 1. The molecule has 2 aromatic rings. The second kappa shape index (κ2) is 4.25. The molecule has 88 valence electrons. The Kier molecular flexibility index (Phi) is 2.78. The number of aromatic carboxylic acids is 1. The molecule has 0 bridgehead atoms. The van der Waals surface area contributed by atoms with E-state index in [1.54, 1.807) is 6.07 Å². The number of rotatable bonds is 3. The van der Waals surface area contributed by atoms with E-state index in [1.807, 2.05) is 0 Å². The summed E-state index contributed by atoms with van der Waals surface area (Å²) in [5.74, 6) is -1.69. The van der Waals surface area contributed by atoms with E-state index in [0.29, 0.717) is 5.56 Å². The van der Waals surface area contributed by atoms with Crippen molar-refractivity contribution < 1.29 is 14.3 Å². The molecule has 1 heterocycles. The molecule has 0 aliphatic carbocycles. The monoisotopic (exact) mass is 236 g/mol. The van der Waals surface area contributed by atoms with Crippen LogP contribution in [0.1, 0.15) is 15.9 Å². The van der Waals surface area contributed by atoms with Gasteiger partial charge in [0.05, 0.1) is 6.54 Å². The Bertz CT molecular complexity index is 615. The molecule has 0 unspecified atom stereocenters. The molecule has 1 aromatic heterocycles. The Balaban J connectivity index is 2.31. The second-order valence-corrected chi connectivity index (χ2v) is 3.51. The van der Waals surface area contributed by atoms with Crippen LogP contribution in [0.25, 0.3) is 0 Å². The Hall–Kier alpha value is -2.37. The summed E-state index contributed by atoms with van der Waals surface area (Å²) < 4.78 is 14.0. The molecule has 1 aromatic carbocycles. The lowest BCUT2D eigenvalue weighted by Crippen LogP contribution is -2.21. The molecule has 6 heteroatoms. The van der Waals surface area contributed by atoms with E-state index in [-0.39, 0.29) is 12.1 Å². The van der Waals surface area contributed by atoms with Crippen LogP contribution >= 0.6 is 0 Å². The molecule has 0 amide bonds. The number of aromatic nitrogens is 2. The van der Waals surface area contributed by atoms with Crippen LogP contribution in [0, 0.1) is 5.82 Å². The van der Waals surface area contributed by atoms with Gasteiger partial charge in [0.1, 0.15) is 11.4 Å². The zero-order chi connectivity index (χ0) is 12.4. The van der Waals surface area contributed by atoms with Crippen molar-refractivity contribution in [3.05, 3.63) is 57.8 Å². The lowest BCUT2D eigenvalue weighted by Gasteiger charge is -2.01. The highest BCUT2D eigenvalue weighted by atomic mass is 19.1. The highest BCUT2D eigenvalue weighted by molar-refractivity contribution is 5.86. The molecule has 0 spiro atoms. The zero-order valence-electron chi connectivity index (χ0n) is 8.68. The van der Waals surface area contributed by atoms with Crippen LogP contribution in [-0.4, -0.2) is 20.9 Å². The van der Waals surface area contributed by atoms with Gasteiger partial charge in [0.2, 0.25) is 0 Å². The van der Waals surface area contributed by atoms with Crippen molar-refractivity contribution in [3.8, 4) is 0 Å². The standard InChI is InChI=1S/C11H9FN2O3/c12-8-3-1-2-7(4-8)6-14-10(15)9(5-13-14)11(16)17/h1-5,13H,6H2,(H,16,17). The van der Waals surface area contributed by atoms with E-state index in [4.69, 9.17) is 5.11 Å².